The van der Waals surface area contributed by atoms with Crippen LogP contribution in [0.2, 0.25) is 0 Å². The second kappa shape index (κ2) is 10.6. The molecule has 0 heterocycles. The van der Waals surface area contributed by atoms with Crippen molar-refractivity contribution >= 4 is 29.9 Å². The molecule has 0 radical (unpaired) electrons. The van der Waals surface area contributed by atoms with Gasteiger partial charge in [0.15, 0.2) is 5.96 Å². The van der Waals surface area contributed by atoms with Crippen molar-refractivity contribution in [2.24, 2.45) is 10.9 Å². The van der Waals surface area contributed by atoms with E-state index in [-0.39, 0.29) is 24.0 Å². The van der Waals surface area contributed by atoms with Gasteiger partial charge in [-0.25, -0.2) is 0 Å². The third kappa shape index (κ3) is 7.24. The van der Waals surface area contributed by atoms with Crippen molar-refractivity contribution in [3.05, 3.63) is 12.2 Å². The second-order valence-corrected chi connectivity index (χ2v) is 4.97. The Morgan fingerprint density at radius 3 is 2.78 bits per heavy atom. The monoisotopic (exact) mass is 365 g/mol. The summed E-state index contributed by atoms with van der Waals surface area (Å²) >= 11 is 0. The third-order valence-electron chi connectivity index (χ3n) is 3.34. The summed E-state index contributed by atoms with van der Waals surface area (Å²) in [6.45, 7) is 5.35. The highest BCUT2D eigenvalue weighted by molar-refractivity contribution is 14.0. The number of aliphatic imine (C=N–C) groups is 1. The van der Waals surface area contributed by atoms with Crippen LogP contribution in [0.3, 0.4) is 0 Å². The van der Waals surface area contributed by atoms with E-state index < -0.39 is 0 Å². The van der Waals surface area contributed by atoms with Gasteiger partial charge < -0.3 is 10.6 Å². The number of halogens is 1. The Morgan fingerprint density at radius 1 is 1.39 bits per heavy atom. The molecule has 0 aliphatic heterocycles. The van der Waals surface area contributed by atoms with Gasteiger partial charge in [0.2, 0.25) is 0 Å². The Balaban J connectivity index is 0.00000289. The topological polar surface area (TPSA) is 36.4 Å². The fourth-order valence-electron chi connectivity index (χ4n) is 2.39. The lowest BCUT2D eigenvalue weighted by atomic mass is 9.87. The first-order valence-corrected chi connectivity index (χ1v) is 6.84. The van der Waals surface area contributed by atoms with Crippen LogP contribution >= 0.6 is 24.0 Å². The number of hydrogen-bond acceptors (Lipinski definition) is 1. The maximum absolute atomic E-state index is 4.28. The Morgan fingerprint density at radius 2 is 2.17 bits per heavy atom. The van der Waals surface area contributed by atoms with Crippen LogP contribution in [0.4, 0.5) is 0 Å². The molecule has 1 aliphatic rings. The second-order valence-electron chi connectivity index (χ2n) is 4.97. The molecule has 1 rings (SSSR count). The summed E-state index contributed by atoms with van der Waals surface area (Å²) in [6, 6.07) is 0.603. The maximum Gasteiger partial charge on any atom is 0.191 e. The summed E-state index contributed by atoms with van der Waals surface area (Å²) in [5, 5.41) is 6.88. The molecule has 0 amide bonds. The van der Waals surface area contributed by atoms with Crippen LogP contribution in [-0.4, -0.2) is 25.6 Å². The molecular formula is C14H28IN3. The number of allylic oxidation sites excluding steroid dienone is 1. The minimum absolute atomic E-state index is 0. The van der Waals surface area contributed by atoms with Crippen LogP contribution in [0.15, 0.2) is 17.1 Å². The zero-order valence-electron chi connectivity index (χ0n) is 11.9. The maximum atomic E-state index is 4.28. The Kier molecular flexibility index (Phi) is 10.5. The van der Waals surface area contributed by atoms with Crippen molar-refractivity contribution in [1.29, 1.82) is 0 Å². The average molecular weight is 365 g/mol. The van der Waals surface area contributed by atoms with E-state index in [9.17, 15) is 0 Å². The van der Waals surface area contributed by atoms with Crippen LogP contribution in [-0.2, 0) is 0 Å². The van der Waals surface area contributed by atoms with Crippen molar-refractivity contribution in [3.8, 4) is 0 Å². The molecule has 1 saturated carbocycles. The van der Waals surface area contributed by atoms with Gasteiger partial charge in [-0.05, 0) is 32.1 Å². The zero-order chi connectivity index (χ0) is 12.5. The van der Waals surface area contributed by atoms with E-state index in [1.807, 2.05) is 7.05 Å². The third-order valence-corrected chi connectivity index (χ3v) is 3.34. The van der Waals surface area contributed by atoms with Crippen LogP contribution in [0.1, 0.15) is 46.0 Å². The molecule has 0 aromatic rings. The zero-order valence-corrected chi connectivity index (χ0v) is 14.2. The van der Waals surface area contributed by atoms with Crippen molar-refractivity contribution in [2.75, 3.05) is 13.6 Å². The highest BCUT2D eigenvalue weighted by atomic mass is 127. The van der Waals surface area contributed by atoms with E-state index in [0.717, 1.165) is 24.8 Å². The SMILES string of the molecule is CC=CCCNC(=NC)NC1CCCC(C)C1.I. The molecule has 2 atom stereocenters. The van der Waals surface area contributed by atoms with Gasteiger partial charge in [-0.3, -0.25) is 4.99 Å². The first kappa shape index (κ1) is 17.7. The van der Waals surface area contributed by atoms with E-state index in [1.54, 1.807) is 0 Å². The van der Waals surface area contributed by atoms with Gasteiger partial charge in [-0.1, -0.05) is 31.9 Å². The molecule has 18 heavy (non-hydrogen) atoms. The summed E-state index contributed by atoms with van der Waals surface area (Å²) in [7, 11) is 1.84. The van der Waals surface area contributed by atoms with Gasteiger partial charge in [0.25, 0.3) is 0 Å². The number of nitrogens with zero attached hydrogens (tertiary/aromatic N) is 1. The van der Waals surface area contributed by atoms with Gasteiger partial charge in [-0.15, -0.1) is 24.0 Å². The molecule has 0 bridgehead atoms. The molecule has 0 saturated heterocycles. The fraction of sp³-hybridized carbons (Fsp3) is 0.786. The molecule has 1 aliphatic carbocycles. The van der Waals surface area contributed by atoms with Crippen molar-refractivity contribution in [1.82, 2.24) is 10.6 Å². The van der Waals surface area contributed by atoms with Gasteiger partial charge >= 0.3 is 0 Å². The van der Waals surface area contributed by atoms with Gasteiger partial charge in [0.1, 0.15) is 0 Å². The van der Waals surface area contributed by atoms with E-state index in [0.29, 0.717) is 6.04 Å². The predicted molar refractivity (Wildman–Crippen MR) is 90.8 cm³/mol. The minimum atomic E-state index is 0. The van der Waals surface area contributed by atoms with E-state index in [1.165, 1.54) is 25.7 Å². The summed E-state index contributed by atoms with van der Waals surface area (Å²) in [5.74, 6) is 1.80. The summed E-state index contributed by atoms with van der Waals surface area (Å²) in [5.41, 5.74) is 0. The molecule has 3 nitrogen and oxygen atoms in total. The largest absolute Gasteiger partial charge is 0.356 e. The smallest absolute Gasteiger partial charge is 0.191 e. The molecule has 2 N–H and O–H groups in total. The molecular weight excluding hydrogens is 337 g/mol. The predicted octanol–water partition coefficient (Wildman–Crippen LogP) is 3.31. The molecule has 106 valence electrons. The molecule has 2 unspecified atom stereocenters. The van der Waals surface area contributed by atoms with Crippen molar-refractivity contribution in [3.63, 3.8) is 0 Å². The number of nitrogens with one attached hydrogen (secondary N) is 2. The molecule has 1 fully saturated rings. The number of guanidine groups is 1. The molecule has 0 spiro atoms. The number of rotatable bonds is 4. The normalized spacial score (nSPS) is 24.7. The van der Waals surface area contributed by atoms with Crippen LogP contribution in [0.25, 0.3) is 0 Å². The minimum Gasteiger partial charge on any atom is -0.356 e. The summed E-state index contributed by atoms with van der Waals surface area (Å²) in [4.78, 5) is 4.28. The lowest BCUT2D eigenvalue weighted by Crippen LogP contribution is -2.45. The van der Waals surface area contributed by atoms with Crippen molar-refractivity contribution in [2.45, 2.75) is 52.0 Å². The quantitative estimate of drug-likeness (QED) is 0.264. The summed E-state index contributed by atoms with van der Waals surface area (Å²) in [6.07, 6.45) is 10.6. The highest BCUT2D eigenvalue weighted by Gasteiger charge is 2.19. The van der Waals surface area contributed by atoms with Gasteiger partial charge in [0, 0.05) is 19.6 Å². The molecule has 0 aromatic carbocycles. The van der Waals surface area contributed by atoms with E-state index in [2.05, 4.69) is 41.6 Å². The number of hydrogen-bond donors (Lipinski definition) is 2. The van der Waals surface area contributed by atoms with Crippen LogP contribution < -0.4 is 10.6 Å². The highest BCUT2D eigenvalue weighted by Crippen LogP contribution is 2.23. The van der Waals surface area contributed by atoms with Crippen LogP contribution in [0.5, 0.6) is 0 Å². The van der Waals surface area contributed by atoms with E-state index in [4.69, 9.17) is 0 Å². The first-order valence-electron chi connectivity index (χ1n) is 6.84. The first-order chi connectivity index (χ1) is 8.26. The lowest BCUT2D eigenvalue weighted by molar-refractivity contribution is 0.324. The van der Waals surface area contributed by atoms with Gasteiger partial charge in [-0.2, -0.15) is 0 Å². The van der Waals surface area contributed by atoms with Crippen LogP contribution in [0, 0.1) is 5.92 Å². The Labute approximate surface area is 129 Å². The molecule has 4 heteroatoms. The average Bonchev–Trinajstić information content (AvgIpc) is 2.33. The van der Waals surface area contributed by atoms with E-state index >= 15 is 0 Å². The fourth-order valence-corrected chi connectivity index (χ4v) is 2.39. The molecule has 0 aromatic heterocycles. The standard InChI is InChI=1S/C14H27N3.HI/c1-4-5-6-10-16-14(15-3)17-13-9-7-8-12(2)11-13;/h4-5,12-13H,6-11H2,1-3H3,(H2,15,16,17);1H. The summed E-state index contributed by atoms with van der Waals surface area (Å²) < 4.78 is 0. The van der Waals surface area contributed by atoms with Gasteiger partial charge in [0.05, 0.1) is 0 Å². The Hall–Kier alpha value is -0.260. The Bertz CT molecular complexity index is 264. The lowest BCUT2D eigenvalue weighted by Gasteiger charge is -2.28. The van der Waals surface area contributed by atoms with Crippen molar-refractivity contribution < 1.29 is 0 Å².